The van der Waals surface area contributed by atoms with Gasteiger partial charge in [-0.25, -0.2) is 19.6 Å². The summed E-state index contributed by atoms with van der Waals surface area (Å²) < 4.78 is 75.9. The molecule has 226 valence electrons. The fraction of sp³-hybridized carbons (Fsp3) is 0.964. The molecule has 7 atom stereocenters. The number of hydrazine groups is 1. The lowest BCUT2D eigenvalue weighted by Gasteiger charge is -2.61. The first kappa shape index (κ1) is 27.7. The van der Waals surface area contributed by atoms with Crippen molar-refractivity contribution in [2.24, 2.45) is 34.5 Å². The van der Waals surface area contributed by atoms with Gasteiger partial charge in [-0.2, -0.15) is 13.2 Å². The van der Waals surface area contributed by atoms with E-state index >= 15 is 0 Å². The third-order valence-corrected chi connectivity index (χ3v) is 11.8. The second-order valence-corrected chi connectivity index (χ2v) is 14.5. The number of alkyl halides is 5. The molecule has 4 heterocycles. The number of likely N-dealkylation sites (tertiary alicyclic amines) is 2. The van der Waals surface area contributed by atoms with Gasteiger partial charge in [0.15, 0.2) is 0 Å². The Balaban J connectivity index is 1.04. The number of fused-ring (bicyclic) bond motifs is 1. The predicted molar refractivity (Wildman–Crippen MR) is 136 cm³/mol. The number of ether oxygens (including phenoxy) is 1. The number of rotatable bonds is 5. The van der Waals surface area contributed by atoms with Crippen LogP contribution in [0.25, 0.3) is 0 Å². The van der Waals surface area contributed by atoms with Crippen LogP contribution in [0.4, 0.5) is 22.0 Å². The van der Waals surface area contributed by atoms with Crippen LogP contribution >= 0.6 is 0 Å². The van der Waals surface area contributed by atoms with E-state index in [2.05, 4.69) is 22.8 Å². The Morgan fingerprint density at radius 1 is 1.05 bits per heavy atom. The summed E-state index contributed by atoms with van der Waals surface area (Å²) in [5.41, 5.74) is 6.12. The molecule has 7 aliphatic rings. The molecule has 1 spiro atoms. The van der Waals surface area contributed by atoms with Gasteiger partial charge in [-0.1, -0.05) is 6.42 Å². The van der Waals surface area contributed by atoms with E-state index in [0.29, 0.717) is 38.6 Å². The molecule has 7 nitrogen and oxygen atoms in total. The molecule has 3 saturated carbocycles. The molecular formula is C28H42F5N5O2. The fourth-order valence-electron chi connectivity index (χ4n) is 9.72. The van der Waals surface area contributed by atoms with E-state index in [1.54, 1.807) is 0 Å². The minimum absolute atomic E-state index is 0.0253. The minimum Gasteiger partial charge on any atom is -0.380 e. The highest BCUT2D eigenvalue weighted by Crippen LogP contribution is 2.59. The van der Waals surface area contributed by atoms with Crippen LogP contribution in [0.3, 0.4) is 0 Å². The number of carbonyl (C=O) groups excluding carboxylic acids is 1. The SMILES string of the molecule is CN1CNNC1CC1(C2CCCC(N3CC4C(CC(N5CC6(C5)CC(F)(F)C6)CC4C(F)(F)F)C3=O)C2)COC1. The third-order valence-electron chi connectivity index (χ3n) is 11.8. The zero-order valence-electron chi connectivity index (χ0n) is 23.2. The van der Waals surface area contributed by atoms with Gasteiger partial charge in [0.2, 0.25) is 11.8 Å². The van der Waals surface area contributed by atoms with Gasteiger partial charge in [-0.3, -0.25) is 14.6 Å². The number of halogens is 5. The molecule has 7 rings (SSSR count). The molecule has 7 unspecified atom stereocenters. The van der Waals surface area contributed by atoms with Gasteiger partial charge in [0, 0.05) is 61.3 Å². The number of nitrogens with one attached hydrogen (secondary N) is 2. The van der Waals surface area contributed by atoms with Gasteiger partial charge in [0.05, 0.1) is 32.0 Å². The summed E-state index contributed by atoms with van der Waals surface area (Å²) >= 11 is 0. The number of carbonyl (C=O) groups is 1. The minimum atomic E-state index is -4.37. The van der Waals surface area contributed by atoms with Crippen molar-refractivity contribution in [1.82, 2.24) is 25.6 Å². The van der Waals surface area contributed by atoms with E-state index in [1.165, 1.54) is 0 Å². The third kappa shape index (κ3) is 4.59. The van der Waals surface area contributed by atoms with E-state index in [9.17, 15) is 26.7 Å². The van der Waals surface area contributed by atoms with E-state index in [0.717, 1.165) is 38.8 Å². The lowest BCUT2D eigenvalue weighted by atomic mass is 9.59. The van der Waals surface area contributed by atoms with Crippen molar-refractivity contribution in [3.05, 3.63) is 0 Å². The first-order chi connectivity index (χ1) is 18.9. The highest BCUT2D eigenvalue weighted by atomic mass is 19.4. The Morgan fingerprint density at radius 2 is 1.80 bits per heavy atom. The van der Waals surface area contributed by atoms with Gasteiger partial charge in [0.25, 0.3) is 0 Å². The van der Waals surface area contributed by atoms with Crippen molar-refractivity contribution >= 4 is 5.91 Å². The van der Waals surface area contributed by atoms with Gasteiger partial charge in [0.1, 0.15) is 0 Å². The molecule has 4 aliphatic heterocycles. The van der Waals surface area contributed by atoms with Crippen molar-refractivity contribution in [1.29, 1.82) is 0 Å². The second kappa shape index (κ2) is 9.46. The zero-order valence-corrected chi connectivity index (χ0v) is 23.2. The quantitative estimate of drug-likeness (QED) is 0.491. The van der Waals surface area contributed by atoms with Crippen LogP contribution in [0.15, 0.2) is 0 Å². The Bertz CT molecular complexity index is 992. The van der Waals surface area contributed by atoms with Gasteiger partial charge >= 0.3 is 6.18 Å². The van der Waals surface area contributed by atoms with Crippen molar-refractivity contribution < 1.29 is 31.5 Å². The number of nitrogens with zero attached hydrogens (tertiary/aromatic N) is 3. The number of hydrogen-bond donors (Lipinski definition) is 2. The molecule has 0 aromatic carbocycles. The highest BCUT2D eigenvalue weighted by molar-refractivity contribution is 5.82. The topological polar surface area (TPSA) is 60.1 Å². The summed E-state index contributed by atoms with van der Waals surface area (Å²) in [6.45, 7) is 3.21. The first-order valence-electron chi connectivity index (χ1n) is 15.1. The van der Waals surface area contributed by atoms with Gasteiger partial charge in [-0.05, 0) is 57.4 Å². The Labute approximate surface area is 232 Å². The van der Waals surface area contributed by atoms with Crippen molar-refractivity contribution in [2.45, 2.75) is 88.1 Å². The summed E-state index contributed by atoms with van der Waals surface area (Å²) in [6, 6.07) is -0.394. The van der Waals surface area contributed by atoms with Gasteiger partial charge in [-0.15, -0.1) is 0 Å². The molecule has 2 N–H and O–H groups in total. The molecule has 4 saturated heterocycles. The van der Waals surface area contributed by atoms with Crippen LogP contribution in [0.5, 0.6) is 0 Å². The maximum atomic E-state index is 14.4. The summed E-state index contributed by atoms with van der Waals surface area (Å²) in [7, 11) is 2.07. The molecule has 7 fully saturated rings. The number of hydrogen-bond acceptors (Lipinski definition) is 6. The summed E-state index contributed by atoms with van der Waals surface area (Å²) in [4.78, 5) is 19.8. The van der Waals surface area contributed by atoms with Crippen LogP contribution in [-0.2, 0) is 9.53 Å². The van der Waals surface area contributed by atoms with Crippen LogP contribution in [0, 0.1) is 34.5 Å². The average Bonchev–Trinajstić information content (AvgIpc) is 3.39. The standard InChI is InChI=1S/C28H42F5N5O2/c1-36-16-34-35-23(36)8-26(14-40-15-26)17-3-2-4-18(5-17)38-9-21-20(24(38)39)6-19(7-22(21)28(31,32)33)37-12-25(13-37)10-27(29,30)11-25/h17-23,34-35H,2-16H2,1H3. The maximum absolute atomic E-state index is 14.4. The van der Waals surface area contributed by atoms with Crippen LogP contribution in [0.2, 0.25) is 0 Å². The first-order valence-corrected chi connectivity index (χ1v) is 15.1. The average molecular weight is 576 g/mol. The van der Waals surface area contributed by atoms with E-state index in [-0.39, 0.29) is 55.4 Å². The molecular weight excluding hydrogens is 533 g/mol. The molecule has 1 amide bonds. The van der Waals surface area contributed by atoms with Crippen molar-refractivity contribution in [2.75, 3.05) is 46.6 Å². The lowest BCUT2D eigenvalue weighted by molar-refractivity contribution is -0.236. The Morgan fingerprint density at radius 3 is 2.40 bits per heavy atom. The Hall–Kier alpha value is -1.08. The lowest BCUT2D eigenvalue weighted by Crippen LogP contribution is -2.68. The van der Waals surface area contributed by atoms with Crippen molar-refractivity contribution in [3.8, 4) is 0 Å². The molecule has 0 aromatic heterocycles. The molecule has 40 heavy (non-hydrogen) atoms. The fourth-order valence-corrected chi connectivity index (χ4v) is 9.72. The number of amides is 1. The molecule has 0 aromatic rings. The van der Waals surface area contributed by atoms with E-state index < -0.39 is 35.3 Å². The monoisotopic (exact) mass is 575 g/mol. The van der Waals surface area contributed by atoms with Crippen LogP contribution in [0.1, 0.15) is 57.8 Å². The Kier molecular flexibility index (Phi) is 6.56. The predicted octanol–water partition coefficient (Wildman–Crippen LogP) is 3.42. The van der Waals surface area contributed by atoms with Crippen LogP contribution < -0.4 is 10.9 Å². The highest BCUT2D eigenvalue weighted by Gasteiger charge is 2.65. The van der Waals surface area contributed by atoms with Crippen LogP contribution in [-0.4, -0.2) is 97.5 Å². The molecule has 12 heteroatoms. The summed E-state index contributed by atoms with van der Waals surface area (Å²) in [6.07, 6.45) is 0.517. The normalized spacial score (nSPS) is 42.8. The maximum Gasteiger partial charge on any atom is 0.392 e. The van der Waals surface area contributed by atoms with E-state index in [1.807, 2.05) is 9.80 Å². The smallest absolute Gasteiger partial charge is 0.380 e. The summed E-state index contributed by atoms with van der Waals surface area (Å²) in [5, 5.41) is 0. The molecule has 0 bridgehead atoms. The largest absolute Gasteiger partial charge is 0.392 e. The van der Waals surface area contributed by atoms with Crippen molar-refractivity contribution in [3.63, 3.8) is 0 Å². The van der Waals surface area contributed by atoms with Gasteiger partial charge < -0.3 is 9.64 Å². The van der Waals surface area contributed by atoms with E-state index in [4.69, 9.17) is 4.74 Å². The summed E-state index contributed by atoms with van der Waals surface area (Å²) in [5.74, 6) is -5.24. The second-order valence-electron chi connectivity index (χ2n) is 14.5. The molecule has 0 radical (unpaired) electrons. The zero-order chi connectivity index (χ0) is 28.1. The molecule has 3 aliphatic carbocycles.